The fourth-order valence-corrected chi connectivity index (χ4v) is 2.37. The molecule has 0 bridgehead atoms. The Morgan fingerprint density at radius 3 is 2.75 bits per heavy atom. The highest BCUT2D eigenvalue weighted by Gasteiger charge is 2.10. The molecule has 6 heteroatoms. The predicted octanol–water partition coefficient (Wildman–Crippen LogP) is 3.77. The van der Waals surface area contributed by atoms with Crippen LogP contribution in [0, 0.1) is 0 Å². The molecule has 2 aromatic rings. The minimum Gasteiger partial charge on any atom is -0.506 e. The minimum absolute atomic E-state index is 0.0406. The van der Waals surface area contributed by atoms with Gasteiger partial charge < -0.3 is 15.3 Å². The molecule has 4 nitrogen and oxygen atoms in total. The van der Waals surface area contributed by atoms with E-state index >= 15 is 0 Å². The van der Waals surface area contributed by atoms with E-state index in [0.717, 1.165) is 11.5 Å². The van der Waals surface area contributed by atoms with Gasteiger partial charge in [-0.3, -0.25) is 0 Å². The standard InChI is InChI=1S/C14H15Cl2N3O/c1-19(2)14-12(4-3-5-17-14)18-8-9-6-10(15)7-11(16)13(9)20/h3-7,18,20H,8H2,1-2H3. The average Bonchev–Trinajstić information content (AvgIpc) is 2.41. The molecular weight excluding hydrogens is 297 g/mol. The molecule has 0 spiro atoms. The maximum absolute atomic E-state index is 9.92. The van der Waals surface area contributed by atoms with E-state index in [1.165, 1.54) is 6.07 Å². The first kappa shape index (κ1) is 14.8. The third kappa shape index (κ3) is 3.26. The second-order valence-electron chi connectivity index (χ2n) is 4.52. The molecule has 2 N–H and O–H groups in total. The highest BCUT2D eigenvalue weighted by Crippen LogP contribution is 2.32. The number of nitrogens with one attached hydrogen (secondary N) is 1. The lowest BCUT2D eigenvalue weighted by Gasteiger charge is -2.17. The van der Waals surface area contributed by atoms with Gasteiger partial charge in [0.15, 0.2) is 5.82 Å². The Labute approximate surface area is 128 Å². The maximum atomic E-state index is 9.92. The summed E-state index contributed by atoms with van der Waals surface area (Å²) < 4.78 is 0. The number of aromatic nitrogens is 1. The number of anilines is 2. The van der Waals surface area contributed by atoms with Gasteiger partial charge in [-0.05, 0) is 24.3 Å². The summed E-state index contributed by atoms with van der Waals surface area (Å²) in [5.74, 6) is 0.860. The van der Waals surface area contributed by atoms with Crippen LogP contribution in [0.1, 0.15) is 5.56 Å². The Balaban J connectivity index is 2.21. The monoisotopic (exact) mass is 311 g/mol. The molecule has 0 fully saturated rings. The van der Waals surface area contributed by atoms with E-state index < -0.39 is 0 Å². The lowest BCUT2D eigenvalue weighted by molar-refractivity contribution is 0.469. The molecule has 0 atom stereocenters. The Bertz CT molecular complexity index is 617. The molecule has 0 amide bonds. The van der Waals surface area contributed by atoms with Crippen molar-refractivity contribution < 1.29 is 5.11 Å². The number of pyridine rings is 1. The van der Waals surface area contributed by atoms with Crippen LogP contribution in [0.5, 0.6) is 5.75 Å². The number of halogens is 2. The number of hydrogen-bond donors (Lipinski definition) is 2. The summed E-state index contributed by atoms with van der Waals surface area (Å²) in [6, 6.07) is 6.96. The van der Waals surface area contributed by atoms with Crippen molar-refractivity contribution in [2.45, 2.75) is 6.54 Å². The van der Waals surface area contributed by atoms with Gasteiger partial charge in [-0.15, -0.1) is 0 Å². The minimum atomic E-state index is 0.0406. The van der Waals surface area contributed by atoms with Gasteiger partial charge >= 0.3 is 0 Å². The average molecular weight is 312 g/mol. The summed E-state index contributed by atoms with van der Waals surface area (Å²) in [5, 5.41) is 13.9. The summed E-state index contributed by atoms with van der Waals surface area (Å²) >= 11 is 11.8. The van der Waals surface area contributed by atoms with E-state index in [-0.39, 0.29) is 10.8 Å². The summed E-state index contributed by atoms with van der Waals surface area (Å²) in [5.41, 5.74) is 1.50. The van der Waals surface area contributed by atoms with Crippen LogP contribution in [0.4, 0.5) is 11.5 Å². The van der Waals surface area contributed by atoms with Crippen LogP contribution < -0.4 is 10.2 Å². The Hall–Kier alpha value is -1.65. The number of benzene rings is 1. The highest BCUT2D eigenvalue weighted by molar-refractivity contribution is 6.35. The van der Waals surface area contributed by atoms with Gasteiger partial charge in [0.05, 0.1) is 10.7 Å². The van der Waals surface area contributed by atoms with Crippen molar-refractivity contribution in [1.29, 1.82) is 0 Å². The summed E-state index contributed by atoms with van der Waals surface area (Å²) in [6.45, 7) is 0.401. The third-order valence-corrected chi connectivity index (χ3v) is 3.29. The Morgan fingerprint density at radius 2 is 2.05 bits per heavy atom. The topological polar surface area (TPSA) is 48.4 Å². The molecular formula is C14H15Cl2N3O. The molecule has 1 aromatic carbocycles. The smallest absolute Gasteiger partial charge is 0.151 e. The van der Waals surface area contributed by atoms with E-state index in [4.69, 9.17) is 23.2 Å². The summed E-state index contributed by atoms with van der Waals surface area (Å²) in [6.07, 6.45) is 1.73. The van der Waals surface area contributed by atoms with Gasteiger partial charge in [0, 0.05) is 37.4 Å². The molecule has 106 valence electrons. The number of rotatable bonds is 4. The zero-order chi connectivity index (χ0) is 14.7. The number of aromatic hydroxyl groups is 1. The number of hydrogen-bond acceptors (Lipinski definition) is 4. The summed E-state index contributed by atoms with van der Waals surface area (Å²) in [4.78, 5) is 6.21. The Kier molecular flexibility index (Phi) is 4.57. The van der Waals surface area contributed by atoms with E-state index in [1.807, 2.05) is 31.1 Å². The molecule has 1 aromatic heterocycles. The van der Waals surface area contributed by atoms with Crippen LogP contribution in [0.15, 0.2) is 30.5 Å². The lowest BCUT2D eigenvalue weighted by Crippen LogP contribution is -2.13. The number of phenols is 1. The van der Waals surface area contributed by atoms with Crippen LogP contribution in [-0.4, -0.2) is 24.2 Å². The molecule has 1 heterocycles. The molecule has 0 unspecified atom stereocenters. The third-order valence-electron chi connectivity index (χ3n) is 2.79. The van der Waals surface area contributed by atoms with Gasteiger partial charge in [0.25, 0.3) is 0 Å². The van der Waals surface area contributed by atoms with Crippen molar-refractivity contribution in [1.82, 2.24) is 4.98 Å². The van der Waals surface area contributed by atoms with Crippen molar-refractivity contribution in [3.63, 3.8) is 0 Å². The van der Waals surface area contributed by atoms with Gasteiger partial charge in [-0.25, -0.2) is 4.98 Å². The molecule has 0 saturated heterocycles. The van der Waals surface area contributed by atoms with Crippen LogP contribution in [0.2, 0.25) is 10.0 Å². The quantitative estimate of drug-likeness (QED) is 0.902. The number of phenolic OH excluding ortho intramolecular Hbond substituents is 1. The van der Waals surface area contributed by atoms with Crippen molar-refractivity contribution in [3.8, 4) is 5.75 Å². The van der Waals surface area contributed by atoms with Crippen molar-refractivity contribution in [3.05, 3.63) is 46.1 Å². The first-order valence-electron chi connectivity index (χ1n) is 6.02. The van der Waals surface area contributed by atoms with Crippen LogP contribution in [0.3, 0.4) is 0 Å². The van der Waals surface area contributed by atoms with E-state index in [0.29, 0.717) is 17.1 Å². The zero-order valence-electron chi connectivity index (χ0n) is 11.2. The molecule has 2 rings (SSSR count). The zero-order valence-corrected chi connectivity index (χ0v) is 12.7. The fraction of sp³-hybridized carbons (Fsp3) is 0.214. The molecule has 20 heavy (non-hydrogen) atoms. The van der Waals surface area contributed by atoms with Crippen LogP contribution in [-0.2, 0) is 6.54 Å². The highest BCUT2D eigenvalue weighted by atomic mass is 35.5. The van der Waals surface area contributed by atoms with Crippen molar-refractivity contribution in [2.75, 3.05) is 24.3 Å². The fourth-order valence-electron chi connectivity index (χ4n) is 1.84. The first-order chi connectivity index (χ1) is 9.49. The molecule has 0 aliphatic heterocycles. The summed E-state index contributed by atoms with van der Waals surface area (Å²) in [7, 11) is 3.84. The first-order valence-corrected chi connectivity index (χ1v) is 6.77. The van der Waals surface area contributed by atoms with Crippen molar-refractivity contribution >= 4 is 34.7 Å². The Morgan fingerprint density at radius 1 is 1.30 bits per heavy atom. The van der Waals surface area contributed by atoms with Crippen LogP contribution >= 0.6 is 23.2 Å². The van der Waals surface area contributed by atoms with E-state index in [1.54, 1.807) is 12.3 Å². The second-order valence-corrected chi connectivity index (χ2v) is 5.36. The van der Waals surface area contributed by atoms with Gasteiger partial charge in [-0.1, -0.05) is 23.2 Å². The second kappa shape index (κ2) is 6.20. The number of nitrogens with zero attached hydrogens (tertiary/aromatic N) is 2. The SMILES string of the molecule is CN(C)c1ncccc1NCc1cc(Cl)cc(Cl)c1O. The largest absolute Gasteiger partial charge is 0.506 e. The van der Waals surface area contributed by atoms with Gasteiger partial charge in [0.1, 0.15) is 5.75 Å². The molecule has 0 aliphatic rings. The molecule has 0 radical (unpaired) electrons. The molecule has 0 aliphatic carbocycles. The van der Waals surface area contributed by atoms with E-state index in [2.05, 4.69) is 10.3 Å². The van der Waals surface area contributed by atoms with E-state index in [9.17, 15) is 5.11 Å². The predicted molar refractivity (Wildman–Crippen MR) is 84.0 cm³/mol. The van der Waals surface area contributed by atoms with Gasteiger partial charge in [0.2, 0.25) is 0 Å². The maximum Gasteiger partial charge on any atom is 0.151 e. The lowest BCUT2D eigenvalue weighted by atomic mass is 10.2. The van der Waals surface area contributed by atoms with Crippen LogP contribution in [0.25, 0.3) is 0 Å². The normalized spacial score (nSPS) is 10.4. The molecule has 0 saturated carbocycles. The van der Waals surface area contributed by atoms with Crippen molar-refractivity contribution in [2.24, 2.45) is 0 Å². The van der Waals surface area contributed by atoms with Gasteiger partial charge in [-0.2, -0.15) is 0 Å².